The minimum Gasteiger partial charge on any atom is -0.366 e. The number of anilines is 3. The fourth-order valence-corrected chi connectivity index (χ4v) is 1.77. The number of aromatic nitrogens is 2. The van der Waals surface area contributed by atoms with Gasteiger partial charge in [-0.25, -0.2) is 4.98 Å². The molecule has 1 aromatic carbocycles. The summed E-state index contributed by atoms with van der Waals surface area (Å²) in [6.07, 6.45) is 4.49. The number of hydrogen-bond acceptors (Lipinski definition) is 4. The van der Waals surface area contributed by atoms with Gasteiger partial charge < -0.3 is 10.6 Å². The molecule has 0 atom stereocenters. The normalized spacial score (nSPS) is 9.95. The highest BCUT2D eigenvalue weighted by atomic mass is 15.1. The summed E-state index contributed by atoms with van der Waals surface area (Å²) in [7, 11) is 0. The van der Waals surface area contributed by atoms with Crippen LogP contribution in [0, 0.1) is 0 Å². The zero-order valence-corrected chi connectivity index (χ0v) is 11.1. The summed E-state index contributed by atoms with van der Waals surface area (Å²) in [6.45, 7) is 6.48. The van der Waals surface area contributed by atoms with Crippen LogP contribution in [-0.2, 0) is 6.42 Å². The van der Waals surface area contributed by atoms with Gasteiger partial charge in [-0.2, -0.15) is 4.98 Å². The molecule has 2 rings (SSSR count). The van der Waals surface area contributed by atoms with E-state index < -0.39 is 0 Å². The number of rotatable bonds is 6. The van der Waals surface area contributed by atoms with E-state index in [0.29, 0.717) is 12.5 Å². The average molecular weight is 254 g/mol. The Balaban J connectivity index is 2.16. The van der Waals surface area contributed by atoms with Crippen LogP contribution < -0.4 is 10.6 Å². The van der Waals surface area contributed by atoms with Gasteiger partial charge in [-0.3, -0.25) is 0 Å². The van der Waals surface area contributed by atoms with Gasteiger partial charge >= 0.3 is 0 Å². The molecule has 0 aliphatic carbocycles. The zero-order valence-electron chi connectivity index (χ0n) is 11.1. The number of benzene rings is 1. The third-order valence-corrected chi connectivity index (χ3v) is 2.73. The van der Waals surface area contributed by atoms with Crippen LogP contribution in [0.3, 0.4) is 0 Å². The van der Waals surface area contributed by atoms with Gasteiger partial charge in [0.2, 0.25) is 5.95 Å². The fraction of sp³-hybridized carbons (Fsp3) is 0.200. The minimum absolute atomic E-state index is 0.593. The van der Waals surface area contributed by atoms with Gasteiger partial charge in [-0.1, -0.05) is 31.2 Å². The molecule has 0 saturated carbocycles. The van der Waals surface area contributed by atoms with E-state index in [0.717, 1.165) is 17.9 Å². The lowest BCUT2D eigenvalue weighted by Crippen LogP contribution is -2.04. The van der Waals surface area contributed by atoms with Gasteiger partial charge in [-0.15, -0.1) is 6.58 Å². The molecule has 0 bridgehead atoms. The average Bonchev–Trinajstić information content (AvgIpc) is 2.46. The summed E-state index contributed by atoms with van der Waals surface area (Å²) in [5.41, 5.74) is 2.29. The second-order valence-electron chi connectivity index (χ2n) is 4.07. The molecule has 0 amide bonds. The van der Waals surface area contributed by atoms with Crippen molar-refractivity contribution in [1.82, 2.24) is 9.97 Å². The SMILES string of the molecule is C=CCNc1ccnc(Nc2ccccc2CC)n1. The van der Waals surface area contributed by atoms with Crippen LogP contribution in [0.1, 0.15) is 12.5 Å². The Morgan fingerprint density at radius 2 is 2.11 bits per heavy atom. The molecule has 0 aliphatic heterocycles. The molecule has 0 aliphatic rings. The van der Waals surface area contributed by atoms with Crippen molar-refractivity contribution in [3.63, 3.8) is 0 Å². The first-order valence-electron chi connectivity index (χ1n) is 6.36. The van der Waals surface area contributed by atoms with Gasteiger partial charge in [0, 0.05) is 18.4 Å². The molecule has 1 aromatic heterocycles. The molecule has 1 heterocycles. The number of para-hydroxylation sites is 1. The predicted molar refractivity (Wildman–Crippen MR) is 79.8 cm³/mol. The van der Waals surface area contributed by atoms with Crippen molar-refractivity contribution in [2.75, 3.05) is 17.2 Å². The van der Waals surface area contributed by atoms with Crippen molar-refractivity contribution in [2.24, 2.45) is 0 Å². The quantitative estimate of drug-likeness (QED) is 0.776. The Bertz CT molecular complexity index is 551. The third kappa shape index (κ3) is 3.55. The van der Waals surface area contributed by atoms with E-state index in [-0.39, 0.29) is 0 Å². The molecule has 4 nitrogen and oxygen atoms in total. The molecule has 98 valence electrons. The largest absolute Gasteiger partial charge is 0.366 e. The van der Waals surface area contributed by atoms with Gasteiger partial charge in [0.15, 0.2) is 0 Å². The van der Waals surface area contributed by atoms with E-state index in [9.17, 15) is 0 Å². The predicted octanol–water partition coefficient (Wildman–Crippen LogP) is 3.38. The topological polar surface area (TPSA) is 49.8 Å². The second-order valence-corrected chi connectivity index (χ2v) is 4.07. The Hall–Kier alpha value is -2.36. The maximum atomic E-state index is 4.40. The Kier molecular flexibility index (Phi) is 4.50. The highest BCUT2D eigenvalue weighted by Gasteiger charge is 2.02. The summed E-state index contributed by atoms with van der Waals surface area (Å²) in [6, 6.07) is 10.0. The molecule has 0 spiro atoms. The third-order valence-electron chi connectivity index (χ3n) is 2.73. The zero-order chi connectivity index (χ0) is 13.5. The van der Waals surface area contributed by atoms with Crippen LogP contribution in [0.4, 0.5) is 17.5 Å². The smallest absolute Gasteiger partial charge is 0.229 e. The monoisotopic (exact) mass is 254 g/mol. The summed E-state index contributed by atoms with van der Waals surface area (Å²) in [4.78, 5) is 8.63. The molecule has 0 radical (unpaired) electrons. The number of hydrogen-bond donors (Lipinski definition) is 2. The molecule has 0 unspecified atom stereocenters. The fourth-order valence-electron chi connectivity index (χ4n) is 1.77. The summed E-state index contributed by atoms with van der Waals surface area (Å²) in [5, 5.41) is 6.39. The van der Waals surface area contributed by atoms with Crippen molar-refractivity contribution in [1.29, 1.82) is 0 Å². The Morgan fingerprint density at radius 1 is 1.26 bits per heavy atom. The highest BCUT2D eigenvalue weighted by molar-refractivity contribution is 5.59. The first kappa shape index (κ1) is 13.1. The van der Waals surface area contributed by atoms with Crippen LogP contribution in [-0.4, -0.2) is 16.5 Å². The van der Waals surface area contributed by atoms with E-state index in [4.69, 9.17) is 0 Å². The Labute approximate surface area is 113 Å². The second kappa shape index (κ2) is 6.54. The molecule has 0 fully saturated rings. The molecular weight excluding hydrogens is 236 g/mol. The summed E-state index contributed by atoms with van der Waals surface area (Å²) < 4.78 is 0. The van der Waals surface area contributed by atoms with E-state index in [1.165, 1.54) is 5.56 Å². The Morgan fingerprint density at radius 3 is 2.89 bits per heavy atom. The van der Waals surface area contributed by atoms with Crippen molar-refractivity contribution in [2.45, 2.75) is 13.3 Å². The van der Waals surface area contributed by atoms with Gasteiger partial charge in [0.05, 0.1) is 0 Å². The standard InChI is InChI=1S/C15H18N4/c1-3-10-16-14-9-11-17-15(19-14)18-13-8-6-5-7-12(13)4-2/h3,5-9,11H,1,4,10H2,2H3,(H2,16,17,18,19). The van der Waals surface area contributed by atoms with Crippen LogP contribution in [0.25, 0.3) is 0 Å². The molecular formula is C15H18N4. The lowest BCUT2D eigenvalue weighted by molar-refractivity contribution is 1.11. The lowest BCUT2D eigenvalue weighted by Gasteiger charge is -2.10. The maximum Gasteiger partial charge on any atom is 0.229 e. The van der Waals surface area contributed by atoms with Crippen molar-refractivity contribution in [3.05, 3.63) is 54.7 Å². The van der Waals surface area contributed by atoms with Gasteiger partial charge in [0.25, 0.3) is 0 Å². The number of nitrogens with zero attached hydrogens (tertiary/aromatic N) is 2. The molecule has 19 heavy (non-hydrogen) atoms. The van der Waals surface area contributed by atoms with Crippen LogP contribution in [0.15, 0.2) is 49.2 Å². The summed E-state index contributed by atoms with van der Waals surface area (Å²) >= 11 is 0. The van der Waals surface area contributed by atoms with Gasteiger partial charge in [0.1, 0.15) is 5.82 Å². The van der Waals surface area contributed by atoms with Crippen molar-refractivity contribution >= 4 is 17.5 Å². The summed E-state index contributed by atoms with van der Waals surface area (Å²) in [5.74, 6) is 1.38. The first-order chi connectivity index (χ1) is 9.33. The van der Waals surface area contributed by atoms with Crippen LogP contribution in [0.5, 0.6) is 0 Å². The lowest BCUT2D eigenvalue weighted by atomic mass is 10.1. The van der Waals surface area contributed by atoms with Crippen LogP contribution >= 0.6 is 0 Å². The highest BCUT2D eigenvalue weighted by Crippen LogP contribution is 2.19. The minimum atomic E-state index is 0.593. The van der Waals surface area contributed by atoms with Crippen molar-refractivity contribution in [3.8, 4) is 0 Å². The molecule has 2 N–H and O–H groups in total. The molecule has 0 saturated heterocycles. The molecule has 2 aromatic rings. The van der Waals surface area contributed by atoms with E-state index >= 15 is 0 Å². The number of aryl methyl sites for hydroxylation is 1. The van der Waals surface area contributed by atoms with E-state index in [1.807, 2.05) is 24.3 Å². The van der Waals surface area contributed by atoms with Crippen LogP contribution in [0.2, 0.25) is 0 Å². The van der Waals surface area contributed by atoms with E-state index in [1.54, 1.807) is 12.3 Å². The number of nitrogens with one attached hydrogen (secondary N) is 2. The van der Waals surface area contributed by atoms with E-state index in [2.05, 4.69) is 40.2 Å². The van der Waals surface area contributed by atoms with Crippen molar-refractivity contribution < 1.29 is 0 Å². The molecule has 4 heteroatoms. The van der Waals surface area contributed by atoms with Gasteiger partial charge in [-0.05, 0) is 24.1 Å². The first-order valence-corrected chi connectivity index (χ1v) is 6.36. The maximum absolute atomic E-state index is 4.40.